The maximum Gasteiger partial charge on any atom is 0.331 e. The standard InChI is InChI=1S/C22H25N3O4/c1-3-24-21(27)18-8-4-5-9-19(18)25(22(24)28)15-20(26)23-14-6-7-16-10-12-17(29-2)13-11-16/h4-5,8-13H,3,6-7,14-15H2,1-2H3,(H,23,26). The van der Waals surface area contributed by atoms with Gasteiger partial charge in [0.1, 0.15) is 12.3 Å². The van der Waals surface area contributed by atoms with Crippen molar-refractivity contribution in [3.8, 4) is 5.75 Å². The van der Waals surface area contributed by atoms with Crippen molar-refractivity contribution >= 4 is 16.8 Å². The molecular formula is C22H25N3O4. The van der Waals surface area contributed by atoms with Crippen molar-refractivity contribution in [2.45, 2.75) is 32.9 Å². The molecule has 0 saturated heterocycles. The van der Waals surface area contributed by atoms with E-state index in [0.717, 1.165) is 28.7 Å². The van der Waals surface area contributed by atoms with Gasteiger partial charge in [0, 0.05) is 13.1 Å². The molecular weight excluding hydrogens is 370 g/mol. The summed E-state index contributed by atoms with van der Waals surface area (Å²) in [6.07, 6.45) is 1.61. The van der Waals surface area contributed by atoms with Gasteiger partial charge in [-0.1, -0.05) is 24.3 Å². The summed E-state index contributed by atoms with van der Waals surface area (Å²) in [4.78, 5) is 37.5. The third-order valence-electron chi connectivity index (χ3n) is 4.87. The van der Waals surface area contributed by atoms with Crippen LogP contribution in [-0.2, 0) is 24.3 Å². The number of ether oxygens (including phenoxy) is 1. The van der Waals surface area contributed by atoms with E-state index < -0.39 is 5.69 Å². The molecule has 0 saturated carbocycles. The quantitative estimate of drug-likeness (QED) is 0.591. The van der Waals surface area contributed by atoms with Crippen LogP contribution in [0.5, 0.6) is 5.75 Å². The minimum Gasteiger partial charge on any atom is -0.497 e. The SMILES string of the molecule is CCn1c(=O)c2ccccc2n(CC(=O)NCCCc2ccc(OC)cc2)c1=O. The molecule has 1 amide bonds. The number of rotatable bonds is 8. The van der Waals surface area contributed by atoms with E-state index in [1.54, 1.807) is 38.3 Å². The van der Waals surface area contributed by atoms with Crippen LogP contribution < -0.4 is 21.3 Å². The number of carbonyl (C=O) groups is 1. The Morgan fingerprint density at radius 2 is 1.76 bits per heavy atom. The van der Waals surface area contributed by atoms with Crippen molar-refractivity contribution in [1.29, 1.82) is 0 Å². The zero-order valence-corrected chi connectivity index (χ0v) is 16.7. The molecule has 1 aromatic heterocycles. The van der Waals surface area contributed by atoms with Gasteiger partial charge in [0.15, 0.2) is 0 Å². The van der Waals surface area contributed by atoms with Crippen LogP contribution in [-0.4, -0.2) is 28.7 Å². The molecule has 1 N–H and O–H groups in total. The number of para-hydroxylation sites is 1. The third-order valence-corrected chi connectivity index (χ3v) is 4.87. The number of nitrogens with one attached hydrogen (secondary N) is 1. The Morgan fingerprint density at radius 3 is 2.45 bits per heavy atom. The van der Waals surface area contributed by atoms with Gasteiger partial charge >= 0.3 is 5.69 Å². The van der Waals surface area contributed by atoms with Crippen LogP contribution in [0.4, 0.5) is 0 Å². The summed E-state index contributed by atoms with van der Waals surface area (Å²) in [6, 6.07) is 14.7. The van der Waals surface area contributed by atoms with E-state index in [0.29, 0.717) is 17.4 Å². The molecule has 1 heterocycles. The fourth-order valence-corrected chi connectivity index (χ4v) is 3.31. The van der Waals surface area contributed by atoms with Gasteiger partial charge in [0.2, 0.25) is 5.91 Å². The molecule has 0 aliphatic heterocycles. The molecule has 3 rings (SSSR count). The molecule has 152 valence electrons. The van der Waals surface area contributed by atoms with Gasteiger partial charge in [0.05, 0.1) is 18.0 Å². The number of fused-ring (bicyclic) bond motifs is 1. The zero-order chi connectivity index (χ0) is 20.8. The fraction of sp³-hybridized carbons (Fsp3) is 0.318. The van der Waals surface area contributed by atoms with Crippen molar-refractivity contribution in [3.63, 3.8) is 0 Å². The first-order valence-corrected chi connectivity index (χ1v) is 9.67. The molecule has 3 aromatic rings. The average molecular weight is 395 g/mol. The van der Waals surface area contributed by atoms with Crippen LogP contribution in [0.15, 0.2) is 58.1 Å². The number of carbonyl (C=O) groups excluding carboxylic acids is 1. The maximum atomic E-state index is 12.7. The van der Waals surface area contributed by atoms with Crippen LogP contribution in [0.1, 0.15) is 18.9 Å². The summed E-state index contributed by atoms with van der Waals surface area (Å²) >= 11 is 0. The van der Waals surface area contributed by atoms with Crippen LogP contribution in [0.3, 0.4) is 0 Å². The van der Waals surface area contributed by atoms with Gasteiger partial charge in [-0.25, -0.2) is 4.79 Å². The predicted molar refractivity (Wildman–Crippen MR) is 112 cm³/mol. The highest BCUT2D eigenvalue weighted by atomic mass is 16.5. The van der Waals surface area contributed by atoms with Gasteiger partial charge in [-0.05, 0) is 49.6 Å². The monoisotopic (exact) mass is 395 g/mol. The first-order valence-electron chi connectivity index (χ1n) is 9.67. The van der Waals surface area contributed by atoms with Gasteiger partial charge in [-0.15, -0.1) is 0 Å². The van der Waals surface area contributed by atoms with Gasteiger partial charge in [-0.3, -0.25) is 18.7 Å². The lowest BCUT2D eigenvalue weighted by molar-refractivity contribution is -0.121. The third kappa shape index (κ3) is 4.56. The Hall–Kier alpha value is -3.35. The van der Waals surface area contributed by atoms with E-state index >= 15 is 0 Å². The number of benzene rings is 2. The molecule has 0 fully saturated rings. The number of aromatic nitrogens is 2. The Labute approximate surface area is 168 Å². The molecule has 0 spiro atoms. The lowest BCUT2D eigenvalue weighted by Gasteiger charge is -2.13. The van der Waals surface area contributed by atoms with Crippen molar-refractivity contribution in [2.75, 3.05) is 13.7 Å². The minimum absolute atomic E-state index is 0.123. The van der Waals surface area contributed by atoms with Crippen molar-refractivity contribution in [2.24, 2.45) is 0 Å². The van der Waals surface area contributed by atoms with E-state index in [4.69, 9.17) is 4.74 Å². The normalized spacial score (nSPS) is 10.8. The Morgan fingerprint density at radius 1 is 1.03 bits per heavy atom. The van der Waals surface area contributed by atoms with Crippen LogP contribution >= 0.6 is 0 Å². The molecule has 7 heteroatoms. The fourth-order valence-electron chi connectivity index (χ4n) is 3.31. The summed E-state index contributed by atoms with van der Waals surface area (Å²) in [7, 11) is 1.63. The highest BCUT2D eigenvalue weighted by Crippen LogP contribution is 2.12. The second-order valence-corrected chi connectivity index (χ2v) is 6.74. The molecule has 0 aliphatic rings. The van der Waals surface area contributed by atoms with E-state index in [9.17, 15) is 14.4 Å². The highest BCUT2D eigenvalue weighted by molar-refractivity contribution is 5.81. The summed E-state index contributed by atoms with van der Waals surface area (Å²) < 4.78 is 7.65. The summed E-state index contributed by atoms with van der Waals surface area (Å²) in [5, 5.41) is 3.29. The largest absolute Gasteiger partial charge is 0.497 e. The molecule has 2 aromatic carbocycles. The van der Waals surface area contributed by atoms with Gasteiger partial charge in [0.25, 0.3) is 5.56 Å². The number of aryl methyl sites for hydroxylation is 1. The number of methoxy groups -OCH3 is 1. The predicted octanol–water partition coefficient (Wildman–Crippen LogP) is 1.94. The van der Waals surface area contributed by atoms with Gasteiger partial charge < -0.3 is 10.1 Å². The lowest BCUT2D eigenvalue weighted by Crippen LogP contribution is -2.42. The Balaban J connectivity index is 1.65. The molecule has 29 heavy (non-hydrogen) atoms. The van der Waals surface area contributed by atoms with Crippen molar-refractivity contribution in [1.82, 2.24) is 14.5 Å². The van der Waals surface area contributed by atoms with Crippen molar-refractivity contribution in [3.05, 3.63) is 74.9 Å². The highest BCUT2D eigenvalue weighted by Gasteiger charge is 2.14. The first-order chi connectivity index (χ1) is 14.0. The van der Waals surface area contributed by atoms with E-state index in [-0.39, 0.29) is 24.6 Å². The number of amides is 1. The van der Waals surface area contributed by atoms with Crippen LogP contribution in [0.2, 0.25) is 0 Å². The lowest BCUT2D eigenvalue weighted by atomic mass is 10.1. The Kier molecular flexibility index (Phi) is 6.49. The average Bonchev–Trinajstić information content (AvgIpc) is 2.75. The molecule has 0 bridgehead atoms. The summed E-state index contributed by atoms with van der Waals surface area (Å²) in [5.74, 6) is 0.557. The minimum atomic E-state index is -0.468. The summed E-state index contributed by atoms with van der Waals surface area (Å²) in [6.45, 7) is 2.38. The van der Waals surface area contributed by atoms with E-state index in [2.05, 4.69) is 5.32 Å². The van der Waals surface area contributed by atoms with E-state index in [1.165, 1.54) is 4.57 Å². The summed E-state index contributed by atoms with van der Waals surface area (Å²) in [5.41, 5.74) is 0.840. The Bertz CT molecular complexity index is 1110. The second-order valence-electron chi connectivity index (χ2n) is 6.74. The number of nitrogens with zero attached hydrogens (tertiary/aromatic N) is 2. The van der Waals surface area contributed by atoms with Crippen molar-refractivity contribution < 1.29 is 9.53 Å². The maximum absolute atomic E-state index is 12.7. The van der Waals surface area contributed by atoms with E-state index in [1.807, 2.05) is 24.3 Å². The number of hydrogen-bond acceptors (Lipinski definition) is 4. The molecule has 0 radical (unpaired) electrons. The van der Waals surface area contributed by atoms with Gasteiger partial charge in [-0.2, -0.15) is 0 Å². The zero-order valence-electron chi connectivity index (χ0n) is 16.7. The second kappa shape index (κ2) is 9.23. The molecule has 7 nitrogen and oxygen atoms in total. The first kappa shape index (κ1) is 20.4. The van der Waals surface area contributed by atoms with Crippen LogP contribution in [0.25, 0.3) is 10.9 Å². The van der Waals surface area contributed by atoms with Crippen LogP contribution in [0, 0.1) is 0 Å². The molecule has 0 atom stereocenters. The molecule has 0 aliphatic carbocycles. The molecule has 0 unspecified atom stereocenters. The topological polar surface area (TPSA) is 82.3 Å². The smallest absolute Gasteiger partial charge is 0.331 e. The number of hydrogen-bond donors (Lipinski definition) is 1.